The van der Waals surface area contributed by atoms with E-state index in [1.165, 1.54) is 0 Å². The molecule has 0 saturated heterocycles. The van der Waals surface area contributed by atoms with Gasteiger partial charge in [-0.25, -0.2) is 0 Å². The molecule has 0 spiro atoms. The van der Waals surface area contributed by atoms with Crippen LogP contribution < -0.4 is 0 Å². The number of rotatable bonds is 20. The van der Waals surface area contributed by atoms with E-state index in [2.05, 4.69) is 46.4 Å². The Labute approximate surface area is 190 Å². The van der Waals surface area contributed by atoms with Crippen LogP contribution in [0.2, 0.25) is 0 Å². The van der Waals surface area contributed by atoms with Gasteiger partial charge in [0.15, 0.2) is 0 Å². The molecule has 0 saturated carbocycles. The van der Waals surface area contributed by atoms with Gasteiger partial charge in [-0.05, 0) is 0 Å². The van der Waals surface area contributed by atoms with E-state index in [-0.39, 0.29) is 0 Å². The van der Waals surface area contributed by atoms with Crippen LogP contribution in [-0.2, 0) is 18.9 Å². The molecule has 0 radical (unpaired) electrons. The van der Waals surface area contributed by atoms with E-state index in [9.17, 15) is 0 Å². The molecule has 0 aliphatic heterocycles. The Hall–Kier alpha value is 0.400. The van der Waals surface area contributed by atoms with Crippen molar-refractivity contribution in [1.82, 2.24) is 18.7 Å². The van der Waals surface area contributed by atoms with Gasteiger partial charge in [-0.1, -0.05) is 0 Å². The average Bonchev–Trinajstić information content (AvgIpc) is 2.75. The zero-order chi connectivity index (χ0) is 23.1. The quantitative estimate of drug-likeness (QED) is 0.249. The minimum atomic E-state index is -3.50. The molecule has 184 valence electrons. The molecule has 0 N–H and O–H groups in total. The predicted octanol–water partition coefficient (Wildman–Crippen LogP) is 3.23. The van der Waals surface area contributed by atoms with Gasteiger partial charge < -0.3 is 0 Å². The van der Waals surface area contributed by atoms with Crippen LogP contribution in [-0.4, -0.2) is 126 Å². The van der Waals surface area contributed by atoms with E-state index in [0.29, 0.717) is 52.6 Å². The summed E-state index contributed by atoms with van der Waals surface area (Å²) in [7, 11) is 6.95. The molecule has 30 heavy (non-hydrogen) atoms. The third-order valence-corrected chi connectivity index (χ3v) is 14.0. The monoisotopic (exact) mass is 474 g/mol. The van der Waals surface area contributed by atoms with E-state index in [0.717, 1.165) is 26.2 Å². The van der Waals surface area contributed by atoms with Gasteiger partial charge in [-0.3, -0.25) is 0 Å². The van der Waals surface area contributed by atoms with Gasteiger partial charge in [0.1, 0.15) is 0 Å². The average molecular weight is 475 g/mol. The third-order valence-electron chi connectivity index (χ3n) is 5.62. The topological polar surface area (TPSA) is 49.9 Å². The van der Waals surface area contributed by atoms with E-state index < -0.39 is 6.56 Å². The van der Waals surface area contributed by atoms with Crippen molar-refractivity contribution in [3.63, 3.8) is 0 Å². The fourth-order valence-corrected chi connectivity index (χ4v) is 12.2. The molecular weight excluding hydrogens is 427 g/mol. The van der Waals surface area contributed by atoms with Crippen molar-refractivity contribution < 1.29 is 18.9 Å². The fourth-order valence-electron chi connectivity index (χ4n) is 4.19. The third kappa shape index (κ3) is 6.70. The summed E-state index contributed by atoms with van der Waals surface area (Å²) in [4.78, 5) is 0. The van der Waals surface area contributed by atoms with Crippen molar-refractivity contribution in [3.8, 4) is 0 Å². The van der Waals surface area contributed by atoms with Gasteiger partial charge in [0.05, 0.1) is 0 Å². The summed E-state index contributed by atoms with van der Waals surface area (Å²) in [6, 6.07) is 0. The Morgan fingerprint density at radius 1 is 0.500 bits per heavy atom. The predicted molar refractivity (Wildman–Crippen MR) is 129 cm³/mol. The first-order chi connectivity index (χ1) is 14.4. The van der Waals surface area contributed by atoms with Crippen LogP contribution in [0.3, 0.4) is 0 Å². The first-order valence-corrected chi connectivity index (χ1v) is 14.1. The first kappa shape index (κ1) is 30.4. The first-order valence-electron chi connectivity index (χ1n) is 11.1. The maximum absolute atomic E-state index is 8.22. The van der Waals surface area contributed by atoms with Crippen molar-refractivity contribution in [3.05, 3.63) is 0 Å². The van der Waals surface area contributed by atoms with Crippen LogP contribution in [0.25, 0.3) is 0 Å². The van der Waals surface area contributed by atoms with Crippen molar-refractivity contribution in [2.75, 3.05) is 107 Å². The van der Waals surface area contributed by atoms with Gasteiger partial charge in [0.25, 0.3) is 0 Å². The molecule has 0 atom stereocenters. The number of nitrogens with zero attached hydrogens (tertiary/aromatic N) is 4. The summed E-state index contributed by atoms with van der Waals surface area (Å²) >= 11 is 8.22. The van der Waals surface area contributed by atoms with E-state index in [1.807, 2.05) is 0 Å². The van der Waals surface area contributed by atoms with Crippen LogP contribution >= 0.6 is 17.8 Å². The SMILES string of the molecule is CCN(CC)P(Cl)(N(CC)CC)(N(CCOC)CCOC)N(CCOC)CCOC. The Bertz CT molecular complexity index is 380. The second-order valence-electron chi connectivity index (χ2n) is 7.00. The summed E-state index contributed by atoms with van der Waals surface area (Å²) in [5.41, 5.74) is 0. The van der Waals surface area contributed by atoms with E-state index in [4.69, 9.17) is 30.2 Å². The van der Waals surface area contributed by atoms with Gasteiger partial charge in [0, 0.05) is 0 Å². The summed E-state index contributed by atoms with van der Waals surface area (Å²) in [5.74, 6) is 0. The van der Waals surface area contributed by atoms with Crippen molar-refractivity contribution in [2.45, 2.75) is 27.7 Å². The molecule has 0 heterocycles. The molecule has 0 aromatic rings. The molecule has 0 amide bonds. The Morgan fingerprint density at radius 3 is 0.900 bits per heavy atom. The van der Waals surface area contributed by atoms with Gasteiger partial charge >= 0.3 is 190 Å². The maximum atomic E-state index is 8.22. The zero-order valence-electron chi connectivity index (χ0n) is 20.7. The molecule has 0 aromatic carbocycles. The normalized spacial score (nSPS) is 14.2. The molecule has 0 aromatic heterocycles. The van der Waals surface area contributed by atoms with E-state index >= 15 is 0 Å². The van der Waals surface area contributed by atoms with Crippen molar-refractivity contribution in [1.29, 1.82) is 0 Å². The van der Waals surface area contributed by atoms with Crippen LogP contribution in [0.4, 0.5) is 0 Å². The molecule has 0 bridgehead atoms. The van der Waals surface area contributed by atoms with Crippen LogP contribution in [0.5, 0.6) is 0 Å². The van der Waals surface area contributed by atoms with Crippen molar-refractivity contribution in [2.24, 2.45) is 0 Å². The summed E-state index contributed by atoms with van der Waals surface area (Å²) in [6.45, 7) is 13.8. The molecule has 0 aliphatic carbocycles. The van der Waals surface area contributed by atoms with Crippen LogP contribution in [0.1, 0.15) is 27.7 Å². The number of halogens is 1. The fraction of sp³-hybridized carbons (Fsp3) is 1.00. The molecule has 0 aliphatic rings. The summed E-state index contributed by atoms with van der Waals surface area (Å²) < 4.78 is 31.8. The summed E-state index contributed by atoms with van der Waals surface area (Å²) in [5, 5.41) is 0. The number of ether oxygens (including phenoxy) is 4. The molecular formula is C20H48ClN4O4P. The van der Waals surface area contributed by atoms with Crippen LogP contribution in [0, 0.1) is 0 Å². The molecule has 10 heteroatoms. The van der Waals surface area contributed by atoms with Gasteiger partial charge in [-0.15, -0.1) is 0 Å². The summed E-state index contributed by atoms with van der Waals surface area (Å²) in [6.07, 6.45) is 0. The van der Waals surface area contributed by atoms with Gasteiger partial charge in [0.2, 0.25) is 0 Å². The number of methoxy groups -OCH3 is 4. The minimum absolute atomic E-state index is 0.596. The second-order valence-corrected chi connectivity index (χ2v) is 12.8. The van der Waals surface area contributed by atoms with E-state index in [1.54, 1.807) is 28.4 Å². The number of hydrogen-bond acceptors (Lipinski definition) is 8. The Morgan fingerprint density at radius 2 is 0.733 bits per heavy atom. The molecule has 8 nitrogen and oxygen atoms in total. The standard InChI is InChI=1S/C20H48ClN4O4P/c1-9-22(10-2)30(21,23(11-3)12-4,24(13-17-26-5)14-18-27-6)25(15-19-28-7)16-20-29-8/h9-20H2,1-8H3. The molecule has 0 unspecified atom stereocenters. The molecule has 0 fully saturated rings. The Balaban J connectivity index is 6.92. The zero-order valence-corrected chi connectivity index (χ0v) is 22.4. The van der Waals surface area contributed by atoms with Crippen LogP contribution in [0.15, 0.2) is 0 Å². The molecule has 0 rings (SSSR count). The van der Waals surface area contributed by atoms with Gasteiger partial charge in [-0.2, -0.15) is 0 Å². The Kier molecular flexibility index (Phi) is 16.3. The second kappa shape index (κ2) is 16.1. The van der Waals surface area contributed by atoms with Crippen molar-refractivity contribution >= 4 is 17.8 Å². The number of hydrogen-bond donors (Lipinski definition) is 0.